The molecule has 1 rings (SSSR count). The smallest absolute Gasteiger partial charge is 0.342 e. The van der Waals surface area contributed by atoms with E-state index in [2.05, 4.69) is 22.6 Å². The molecule has 1 aromatic carbocycles. The minimum absolute atomic E-state index is 0.0620. The lowest BCUT2D eigenvalue weighted by Gasteiger charge is -1.98. The van der Waals surface area contributed by atoms with Gasteiger partial charge in [0, 0.05) is 0 Å². The van der Waals surface area contributed by atoms with Crippen molar-refractivity contribution in [2.75, 3.05) is 0 Å². The Kier molecular flexibility index (Phi) is 8.45. The summed E-state index contributed by atoms with van der Waals surface area (Å²) in [6, 6.07) is 8.77. The van der Waals surface area contributed by atoms with E-state index < -0.39 is 0 Å². The predicted molar refractivity (Wildman–Crippen MR) is 73.2 cm³/mol. The fourth-order valence-corrected chi connectivity index (χ4v) is 0.936. The Bertz CT molecular complexity index is 421. The lowest BCUT2D eigenvalue weighted by atomic mass is 10.2. The van der Waals surface area contributed by atoms with Crippen molar-refractivity contribution in [3.05, 3.63) is 61.6 Å². The van der Waals surface area contributed by atoms with Crippen LogP contribution in [0.2, 0.25) is 0 Å². The van der Waals surface area contributed by atoms with Crippen LogP contribution in [0.5, 0.6) is 0 Å². The summed E-state index contributed by atoms with van der Waals surface area (Å²) in [6.07, 6.45) is 2.26. The first kappa shape index (κ1) is 16.6. The van der Waals surface area contributed by atoms with Gasteiger partial charge in [0.2, 0.25) is 0 Å². The first-order valence-electron chi connectivity index (χ1n) is 5.71. The highest BCUT2D eigenvalue weighted by Crippen LogP contribution is 2.00. The topological polar surface area (TPSA) is 52.6 Å². The molecule has 0 radical (unpaired) electrons. The lowest BCUT2D eigenvalue weighted by Crippen LogP contribution is -2.07. The van der Waals surface area contributed by atoms with E-state index in [4.69, 9.17) is 0 Å². The SMILES string of the molecule is C=COC(=O)C(C)C.C=COC(=O)c1ccccc1. The highest BCUT2D eigenvalue weighted by atomic mass is 16.5. The van der Waals surface area contributed by atoms with E-state index in [1.807, 2.05) is 6.07 Å². The minimum Gasteiger partial charge on any atom is -0.435 e. The maximum Gasteiger partial charge on any atom is 0.342 e. The van der Waals surface area contributed by atoms with Crippen LogP contribution in [0.3, 0.4) is 0 Å². The van der Waals surface area contributed by atoms with Gasteiger partial charge in [-0.3, -0.25) is 4.79 Å². The van der Waals surface area contributed by atoms with E-state index in [0.29, 0.717) is 5.56 Å². The standard InChI is InChI=1S/C9H8O2.C6H10O2/c1-2-11-9(10)8-6-4-3-5-7-8;1-4-8-6(7)5(2)3/h2-7H,1H2;4-5H,1H2,2-3H3. The third kappa shape index (κ3) is 7.54. The van der Waals surface area contributed by atoms with Crippen LogP contribution < -0.4 is 0 Å². The van der Waals surface area contributed by atoms with Gasteiger partial charge in [0.05, 0.1) is 24.0 Å². The summed E-state index contributed by atoms with van der Waals surface area (Å²) in [7, 11) is 0. The zero-order chi connectivity index (χ0) is 14.7. The molecule has 4 heteroatoms. The third-order valence-corrected chi connectivity index (χ3v) is 1.87. The van der Waals surface area contributed by atoms with Crippen molar-refractivity contribution in [2.24, 2.45) is 5.92 Å². The van der Waals surface area contributed by atoms with E-state index in [-0.39, 0.29) is 17.9 Å². The van der Waals surface area contributed by atoms with Gasteiger partial charge >= 0.3 is 11.9 Å². The van der Waals surface area contributed by atoms with E-state index in [0.717, 1.165) is 12.5 Å². The van der Waals surface area contributed by atoms with Gasteiger partial charge in [0.15, 0.2) is 0 Å². The van der Waals surface area contributed by atoms with Gasteiger partial charge in [0.1, 0.15) is 0 Å². The maximum absolute atomic E-state index is 11.0. The van der Waals surface area contributed by atoms with Crippen molar-refractivity contribution < 1.29 is 19.1 Å². The van der Waals surface area contributed by atoms with Gasteiger partial charge in [-0.15, -0.1) is 0 Å². The Morgan fingerprint density at radius 3 is 1.95 bits per heavy atom. The van der Waals surface area contributed by atoms with Crippen molar-refractivity contribution in [3.63, 3.8) is 0 Å². The fourth-order valence-electron chi connectivity index (χ4n) is 0.936. The van der Waals surface area contributed by atoms with Gasteiger partial charge in [-0.25, -0.2) is 4.79 Å². The molecule has 0 N–H and O–H groups in total. The molecule has 102 valence electrons. The fraction of sp³-hybridized carbons (Fsp3) is 0.200. The molecule has 0 atom stereocenters. The Morgan fingerprint density at radius 1 is 1.05 bits per heavy atom. The van der Waals surface area contributed by atoms with Crippen LogP contribution in [-0.2, 0) is 14.3 Å². The number of carbonyl (C=O) groups is 2. The summed E-state index contributed by atoms with van der Waals surface area (Å²) in [5.41, 5.74) is 0.535. The molecule has 0 amide bonds. The van der Waals surface area contributed by atoms with Crippen molar-refractivity contribution in [1.82, 2.24) is 0 Å². The van der Waals surface area contributed by atoms with E-state index in [9.17, 15) is 9.59 Å². The molecule has 0 aliphatic rings. The second-order valence-corrected chi connectivity index (χ2v) is 3.70. The second kappa shape index (κ2) is 9.65. The Morgan fingerprint density at radius 2 is 1.58 bits per heavy atom. The van der Waals surface area contributed by atoms with Gasteiger partial charge in [-0.1, -0.05) is 45.2 Å². The first-order chi connectivity index (χ1) is 9.02. The molecule has 0 spiro atoms. The van der Waals surface area contributed by atoms with Crippen LogP contribution >= 0.6 is 0 Å². The van der Waals surface area contributed by atoms with Crippen molar-refractivity contribution in [3.8, 4) is 0 Å². The molecule has 0 unspecified atom stereocenters. The van der Waals surface area contributed by atoms with Crippen LogP contribution in [-0.4, -0.2) is 11.9 Å². The van der Waals surface area contributed by atoms with E-state index in [1.165, 1.54) is 0 Å². The van der Waals surface area contributed by atoms with Gasteiger partial charge in [-0.2, -0.15) is 0 Å². The molecule has 0 saturated heterocycles. The minimum atomic E-state index is -0.374. The molecule has 0 aliphatic heterocycles. The monoisotopic (exact) mass is 262 g/mol. The number of rotatable bonds is 4. The third-order valence-electron chi connectivity index (χ3n) is 1.87. The Labute approximate surface area is 113 Å². The van der Waals surface area contributed by atoms with Crippen LogP contribution in [0.4, 0.5) is 0 Å². The largest absolute Gasteiger partial charge is 0.435 e. The molecule has 0 heterocycles. The van der Waals surface area contributed by atoms with Gasteiger partial charge in [-0.05, 0) is 12.1 Å². The molecule has 0 saturated carbocycles. The zero-order valence-electron chi connectivity index (χ0n) is 11.2. The normalized spacial score (nSPS) is 8.79. The summed E-state index contributed by atoms with van der Waals surface area (Å²) in [5, 5.41) is 0. The summed E-state index contributed by atoms with van der Waals surface area (Å²) >= 11 is 0. The molecule has 4 nitrogen and oxygen atoms in total. The van der Waals surface area contributed by atoms with Crippen LogP contribution in [0.1, 0.15) is 24.2 Å². The van der Waals surface area contributed by atoms with Crippen molar-refractivity contribution in [1.29, 1.82) is 0 Å². The number of hydrogen-bond donors (Lipinski definition) is 0. The number of ether oxygens (including phenoxy) is 2. The van der Waals surface area contributed by atoms with Gasteiger partial charge in [0.25, 0.3) is 0 Å². The van der Waals surface area contributed by atoms with Crippen molar-refractivity contribution in [2.45, 2.75) is 13.8 Å². The molecular formula is C15H18O4. The number of esters is 2. The summed E-state index contributed by atoms with van der Waals surface area (Å²) in [4.78, 5) is 21.4. The summed E-state index contributed by atoms with van der Waals surface area (Å²) in [5.74, 6) is -0.673. The van der Waals surface area contributed by atoms with E-state index in [1.54, 1.807) is 38.1 Å². The summed E-state index contributed by atoms with van der Waals surface area (Å²) < 4.78 is 8.98. The Hall–Kier alpha value is -2.36. The number of carbonyl (C=O) groups excluding carboxylic acids is 2. The number of hydrogen-bond acceptors (Lipinski definition) is 4. The lowest BCUT2D eigenvalue weighted by molar-refractivity contribution is -0.141. The van der Waals surface area contributed by atoms with Crippen LogP contribution in [0, 0.1) is 5.92 Å². The predicted octanol–water partition coefficient (Wildman–Crippen LogP) is 3.32. The van der Waals surface area contributed by atoms with Crippen LogP contribution in [0.25, 0.3) is 0 Å². The molecule has 0 aromatic heterocycles. The second-order valence-electron chi connectivity index (χ2n) is 3.70. The molecular weight excluding hydrogens is 244 g/mol. The average Bonchev–Trinajstić information content (AvgIpc) is 2.41. The highest BCUT2D eigenvalue weighted by molar-refractivity contribution is 5.89. The molecule has 19 heavy (non-hydrogen) atoms. The molecule has 0 bridgehead atoms. The van der Waals surface area contributed by atoms with Gasteiger partial charge < -0.3 is 9.47 Å². The average molecular weight is 262 g/mol. The molecule has 0 aliphatic carbocycles. The maximum atomic E-state index is 11.0. The number of benzene rings is 1. The zero-order valence-corrected chi connectivity index (χ0v) is 11.2. The summed E-state index contributed by atoms with van der Waals surface area (Å²) in [6.45, 7) is 10.1. The first-order valence-corrected chi connectivity index (χ1v) is 5.71. The van der Waals surface area contributed by atoms with Crippen LogP contribution in [0.15, 0.2) is 56.0 Å². The molecule has 1 aromatic rings. The van der Waals surface area contributed by atoms with Crippen molar-refractivity contribution >= 4 is 11.9 Å². The highest BCUT2D eigenvalue weighted by Gasteiger charge is 2.04. The molecule has 0 fully saturated rings. The quantitative estimate of drug-likeness (QED) is 0.617. The van der Waals surface area contributed by atoms with E-state index >= 15 is 0 Å². The Balaban J connectivity index is 0.000000362.